The lowest BCUT2D eigenvalue weighted by atomic mass is 10.1. The Balaban J connectivity index is 1.88. The summed E-state index contributed by atoms with van der Waals surface area (Å²) in [6.07, 6.45) is 0. The van der Waals surface area contributed by atoms with Crippen molar-refractivity contribution >= 4 is 29.1 Å². The minimum absolute atomic E-state index is 0.00824. The molecule has 0 bridgehead atoms. The summed E-state index contributed by atoms with van der Waals surface area (Å²) in [5.41, 5.74) is 0.762. The molecule has 0 saturated heterocycles. The molecule has 1 aliphatic rings. The van der Waals surface area contributed by atoms with E-state index in [1.807, 2.05) is 17.5 Å². The second-order valence-electron chi connectivity index (χ2n) is 5.09. The van der Waals surface area contributed by atoms with Crippen LogP contribution in [0.2, 0.25) is 0 Å². The van der Waals surface area contributed by atoms with Crippen LogP contribution >= 0.6 is 11.3 Å². The van der Waals surface area contributed by atoms with Crippen molar-refractivity contribution in [2.24, 2.45) is 0 Å². The number of hydrogen-bond acceptors (Lipinski definition) is 5. The van der Waals surface area contributed by atoms with Crippen LogP contribution in [0.5, 0.6) is 0 Å². The van der Waals surface area contributed by atoms with Crippen LogP contribution in [-0.4, -0.2) is 35.8 Å². The van der Waals surface area contributed by atoms with Crippen LogP contribution in [0.25, 0.3) is 0 Å². The highest BCUT2D eigenvalue weighted by molar-refractivity contribution is 7.10. The number of imide groups is 1. The van der Waals surface area contributed by atoms with E-state index in [0.717, 1.165) is 9.78 Å². The van der Waals surface area contributed by atoms with Gasteiger partial charge in [-0.25, -0.2) is 0 Å². The number of fused-ring (bicyclic) bond motifs is 1. The Hall–Kier alpha value is -2.47. The van der Waals surface area contributed by atoms with Gasteiger partial charge < -0.3 is 4.74 Å². The molecule has 2 amide bonds. The number of hydrogen-bond donors (Lipinski definition) is 0. The lowest BCUT2D eigenvalue weighted by molar-refractivity contribution is -0.145. The maximum absolute atomic E-state index is 12.4. The van der Waals surface area contributed by atoms with Crippen molar-refractivity contribution in [2.75, 3.05) is 13.2 Å². The Kier molecular flexibility index (Phi) is 4.25. The van der Waals surface area contributed by atoms with Crippen molar-refractivity contribution < 1.29 is 19.1 Å². The number of ether oxygens (including phenoxy) is 1. The van der Waals surface area contributed by atoms with Crippen molar-refractivity contribution in [3.05, 3.63) is 57.8 Å². The van der Waals surface area contributed by atoms with Gasteiger partial charge in [-0.3, -0.25) is 19.3 Å². The summed E-state index contributed by atoms with van der Waals surface area (Å²) >= 11 is 1.40. The molecule has 118 valence electrons. The average Bonchev–Trinajstić information content (AvgIpc) is 3.15. The van der Waals surface area contributed by atoms with E-state index in [0.29, 0.717) is 11.1 Å². The summed E-state index contributed by atoms with van der Waals surface area (Å²) in [6.45, 7) is 1.97. The smallest absolute Gasteiger partial charge is 0.316 e. The van der Waals surface area contributed by atoms with E-state index < -0.39 is 11.9 Å². The first-order valence-corrected chi connectivity index (χ1v) is 8.16. The molecule has 0 saturated carbocycles. The van der Waals surface area contributed by atoms with Gasteiger partial charge in [0.2, 0.25) is 0 Å². The van der Waals surface area contributed by atoms with Gasteiger partial charge in [0.1, 0.15) is 5.92 Å². The highest BCUT2D eigenvalue weighted by atomic mass is 32.1. The van der Waals surface area contributed by atoms with E-state index in [1.54, 1.807) is 31.2 Å². The van der Waals surface area contributed by atoms with Crippen LogP contribution in [0.3, 0.4) is 0 Å². The zero-order valence-corrected chi connectivity index (χ0v) is 13.3. The molecule has 2 aromatic rings. The number of benzene rings is 1. The fourth-order valence-corrected chi connectivity index (χ4v) is 3.41. The normalized spacial score (nSPS) is 14.7. The molecule has 2 heterocycles. The number of carbonyl (C=O) groups excluding carboxylic acids is 3. The van der Waals surface area contributed by atoms with Crippen molar-refractivity contribution in [3.8, 4) is 0 Å². The fourth-order valence-electron chi connectivity index (χ4n) is 2.60. The third-order valence-corrected chi connectivity index (χ3v) is 4.69. The molecule has 1 aromatic carbocycles. The zero-order chi connectivity index (χ0) is 16.4. The van der Waals surface area contributed by atoms with Gasteiger partial charge in [0.15, 0.2) is 0 Å². The van der Waals surface area contributed by atoms with Crippen LogP contribution in [0.4, 0.5) is 0 Å². The molecule has 1 aliphatic heterocycles. The minimum Gasteiger partial charge on any atom is -0.465 e. The molecule has 0 radical (unpaired) electrons. The summed E-state index contributed by atoms with van der Waals surface area (Å²) in [5.74, 6) is -1.81. The zero-order valence-electron chi connectivity index (χ0n) is 12.5. The van der Waals surface area contributed by atoms with Gasteiger partial charge in [-0.15, -0.1) is 11.3 Å². The highest BCUT2D eigenvalue weighted by Gasteiger charge is 2.38. The Morgan fingerprint density at radius 2 is 1.78 bits per heavy atom. The molecule has 0 fully saturated rings. The first-order chi connectivity index (χ1) is 11.1. The molecule has 1 atom stereocenters. The van der Waals surface area contributed by atoms with Gasteiger partial charge in [-0.2, -0.15) is 0 Å². The summed E-state index contributed by atoms with van der Waals surface area (Å²) in [4.78, 5) is 39.1. The maximum atomic E-state index is 12.4. The van der Waals surface area contributed by atoms with Gasteiger partial charge in [0.05, 0.1) is 17.7 Å². The number of carbonyl (C=O) groups is 3. The van der Waals surface area contributed by atoms with Crippen LogP contribution in [-0.2, 0) is 9.53 Å². The Morgan fingerprint density at radius 3 is 2.30 bits per heavy atom. The quantitative estimate of drug-likeness (QED) is 0.625. The second kappa shape index (κ2) is 6.34. The van der Waals surface area contributed by atoms with Crippen LogP contribution in [0.15, 0.2) is 41.8 Å². The van der Waals surface area contributed by atoms with Crippen LogP contribution < -0.4 is 0 Å². The Morgan fingerprint density at radius 1 is 1.13 bits per heavy atom. The van der Waals surface area contributed by atoms with Gasteiger partial charge >= 0.3 is 5.97 Å². The average molecular weight is 329 g/mol. The van der Waals surface area contributed by atoms with Gasteiger partial charge in [0, 0.05) is 11.4 Å². The molecule has 0 aliphatic carbocycles. The Bertz CT molecular complexity index is 719. The molecule has 5 nitrogen and oxygen atoms in total. The minimum atomic E-state index is -0.655. The van der Waals surface area contributed by atoms with Crippen molar-refractivity contribution in [2.45, 2.75) is 12.8 Å². The number of nitrogens with zero attached hydrogens (tertiary/aromatic N) is 1. The first kappa shape index (κ1) is 15.4. The topological polar surface area (TPSA) is 63.7 Å². The van der Waals surface area contributed by atoms with Crippen molar-refractivity contribution in [1.29, 1.82) is 0 Å². The molecule has 23 heavy (non-hydrogen) atoms. The lowest BCUT2D eigenvalue weighted by Crippen LogP contribution is -2.36. The molecule has 0 N–H and O–H groups in total. The largest absolute Gasteiger partial charge is 0.465 e. The standard InChI is InChI=1S/C17H15NO4S/c1-2-22-17(21)13(14-8-5-9-23-14)10-18-15(19)11-6-3-4-7-12(11)16(18)20/h3-9,13H,2,10H2,1H3. The van der Waals surface area contributed by atoms with Gasteiger partial charge in [-0.1, -0.05) is 18.2 Å². The predicted molar refractivity (Wildman–Crippen MR) is 85.5 cm³/mol. The van der Waals surface area contributed by atoms with Crippen molar-refractivity contribution in [1.82, 2.24) is 4.90 Å². The molecule has 1 unspecified atom stereocenters. The molecular formula is C17H15NO4S. The summed E-state index contributed by atoms with van der Waals surface area (Å²) in [7, 11) is 0. The number of amides is 2. The summed E-state index contributed by atoms with van der Waals surface area (Å²) in [5, 5.41) is 1.85. The van der Waals surface area contributed by atoms with E-state index in [2.05, 4.69) is 0 Å². The van der Waals surface area contributed by atoms with Gasteiger partial charge in [0.25, 0.3) is 11.8 Å². The molecule has 6 heteroatoms. The lowest BCUT2D eigenvalue weighted by Gasteiger charge is -2.20. The molecule has 1 aromatic heterocycles. The molecule has 0 spiro atoms. The van der Waals surface area contributed by atoms with Crippen LogP contribution in [0, 0.1) is 0 Å². The fraction of sp³-hybridized carbons (Fsp3) is 0.235. The number of thiophene rings is 1. The molecular weight excluding hydrogens is 314 g/mol. The summed E-state index contributed by atoms with van der Waals surface area (Å²) < 4.78 is 5.10. The summed E-state index contributed by atoms with van der Waals surface area (Å²) in [6, 6.07) is 10.3. The SMILES string of the molecule is CCOC(=O)C(CN1C(=O)c2ccccc2C1=O)c1cccs1. The van der Waals surface area contributed by atoms with Crippen molar-refractivity contribution in [3.63, 3.8) is 0 Å². The number of esters is 1. The Labute approximate surface area is 137 Å². The third kappa shape index (κ3) is 2.77. The third-order valence-electron chi connectivity index (χ3n) is 3.70. The maximum Gasteiger partial charge on any atom is 0.316 e. The number of rotatable bonds is 5. The van der Waals surface area contributed by atoms with E-state index in [1.165, 1.54) is 11.3 Å². The van der Waals surface area contributed by atoms with E-state index in [-0.39, 0.29) is 25.0 Å². The highest BCUT2D eigenvalue weighted by Crippen LogP contribution is 2.28. The second-order valence-corrected chi connectivity index (χ2v) is 6.07. The monoisotopic (exact) mass is 329 g/mol. The van der Waals surface area contributed by atoms with Crippen LogP contribution in [0.1, 0.15) is 38.4 Å². The van der Waals surface area contributed by atoms with Gasteiger partial charge in [-0.05, 0) is 30.5 Å². The van der Waals surface area contributed by atoms with E-state index in [9.17, 15) is 14.4 Å². The predicted octanol–water partition coefficient (Wildman–Crippen LogP) is 2.69. The first-order valence-electron chi connectivity index (χ1n) is 7.28. The van der Waals surface area contributed by atoms with E-state index >= 15 is 0 Å². The van der Waals surface area contributed by atoms with E-state index in [4.69, 9.17) is 4.74 Å². The molecule has 3 rings (SSSR count).